The predicted molar refractivity (Wildman–Crippen MR) is 105 cm³/mol. The molecule has 0 aromatic heterocycles. The van der Waals surface area contributed by atoms with Crippen LogP contribution in [0, 0.1) is 5.92 Å². The Morgan fingerprint density at radius 3 is 2.19 bits per heavy atom. The summed E-state index contributed by atoms with van der Waals surface area (Å²) in [6.45, 7) is 3.57. The fraction of sp³-hybridized carbons (Fsp3) is 0.947. The zero-order chi connectivity index (χ0) is 19.2. The Bertz CT molecular complexity index is 538. The molecule has 0 bridgehead atoms. The van der Waals surface area contributed by atoms with Crippen molar-refractivity contribution in [3.05, 3.63) is 0 Å². The molecule has 1 N–H and O–H groups in total. The van der Waals surface area contributed by atoms with Gasteiger partial charge in [0.15, 0.2) is 0 Å². The van der Waals surface area contributed by atoms with Gasteiger partial charge in [0, 0.05) is 32.2 Å². The summed E-state index contributed by atoms with van der Waals surface area (Å²) >= 11 is 0. The zero-order valence-electron chi connectivity index (χ0n) is 16.7. The lowest BCUT2D eigenvalue weighted by molar-refractivity contribution is -0.127. The molecule has 0 atom stereocenters. The van der Waals surface area contributed by atoms with Crippen molar-refractivity contribution in [1.29, 1.82) is 0 Å². The van der Waals surface area contributed by atoms with Gasteiger partial charge in [-0.2, -0.15) is 0 Å². The quantitative estimate of drug-likeness (QED) is 0.693. The molecule has 26 heavy (non-hydrogen) atoms. The average molecular weight is 388 g/mol. The van der Waals surface area contributed by atoms with E-state index < -0.39 is 15.8 Å². The maximum atomic E-state index is 12.3. The van der Waals surface area contributed by atoms with E-state index in [1.165, 1.54) is 32.1 Å². The van der Waals surface area contributed by atoms with Crippen molar-refractivity contribution >= 4 is 15.9 Å². The molecule has 2 fully saturated rings. The second kappa shape index (κ2) is 10.0. The Hall–Kier alpha value is -0.660. The second-order valence-electron chi connectivity index (χ2n) is 8.42. The molecule has 0 aromatic rings. The number of likely N-dealkylation sites (N-methyl/N-ethyl adjacent to an activating group) is 2. The van der Waals surface area contributed by atoms with Gasteiger partial charge in [-0.05, 0) is 51.5 Å². The van der Waals surface area contributed by atoms with Crippen LogP contribution in [-0.4, -0.2) is 69.1 Å². The van der Waals surface area contributed by atoms with Gasteiger partial charge in [-0.1, -0.05) is 26.2 Å². The fourth-order valence-electron chi connectivity index (χ4n) is 4.08. The van der Waals surface area contributed by atoms with Crippen LogP contribution in [0.4, 0.5) is 0 Å². The van der Waals surface area contributed by atoms with Gasteiger partial charge in [0.2, 0.25) is 15.9 Å². The number of sulfonamides is 1. The van der Waals surface area contributed by atoms with Gasteiger partial charge in [-0.3, -0.25) is 4.79 Å². The lowest BCUT2D eigenvalue weighted by atomic mass is 9.88. The first-order chi connectivity index (χ1) is 12.3. The van der Waals surface area contributed by atoms with Crippen LogP contribution in [0.25, 0.3) is 0 Å². The molecule has 7 heteroatoms. The molecular weight excluding hydrogens is 350 g/mol. The number of hydrogen-bond acceptors (Lipinski definition) is 4. The van der Waals surface area contributed by atoms with Gasteiger partial charge in [-0.25, -0.2) is 13.1 Å². The Kier molecular flexibility index (Phi) is 8.36. The molecule has 0 saturated heterocycles. The lowest BCUT2D eigenvalue weighted by Crippen LogP contribution is -2.45. The molecule has 152 valence electrons. The molecule has 2 aliphatic carbocycles. The zero-order valence-corrected chi connectivity index (χ0v) is 17.6. The van der Waals surface area contributed by atoms with Crippen molar-refractivity contribution < 1.29 is 13.2 Å². The number of carbonyl (C=O) groups excluding carboxylic acids is 1. The maximum Gasteiger partial charge on any atom is 0.238 e. The molecule has 0 aliphatic heterocycles. The third-order valence-electron chi connectivity index (χ3n) is 6.09. The Morgan fingerprint density at radius 1 is 0.962 bits per heavy atom. The summed E-state index contributed by atoms with van der Waals surface area (Å²) < 4.78 is 27.4. The van der Waals surface area contributed by atoms with Crippen molar-refractivity contribution in [1.82, 2.24) is 14.5 Å². The van der Waals surface area contributed by atoms with Crippen LogP contribution in [0.3, 0.4) is 0 Å². The van der Waals surface area contributed by atoms with Crippen molar-refractivity contribution in [3.8, 4) is 0 Å². The molecule has 0 aromatic carbocycles. The summed E-state index contributed by atoms with van der Waals surface area (Å²) in [5.74, 6) is -0.0914. The van der Waals surface area contributed by atoms with E-state index in [0.29, 0.717) is 18.5 Å². The minimum atomic E-state index is -3.56. The van der Waals surface area contributed by atoms with Crippen LogP contribution >= 0.6 is 0 Å². The van der Waals surface area contributed by atoms with Crippen molar-refractivity contribution in [2.75, 3.05) is 32.9 Å². The van der Waals surface area contributed by atoms with E-state index in [9.17, 15) is 13.2 Å². The Balaban J connectivity index is 1.72. The molecule has 0 unspecified atom stereocenters. The van der Waals surface area contributed by atoms with E-state index in [0.717, 1.165) is 32.2 Å². The van der Waals surface area contributed by atoms with E-state index >= 15 is 0 Å². The molecule has 0 spiro atoms. The van der Waals surface area contributed by atoms with E-state index in [4.69, 9.17) is 0 Å². The van der Waals surface area contributed by atoms with Crippen LogP contribution in [0.2, 0.25) is 0 Å². The molecule has 1 amide bonds. The fourth-order valence-corrected chi connectivity index (χ4v) is 5.46. The van der Waals surface area contributed by atoms with Crippen LogP contribution in [-0.2, 0) is 14.8 Å². The van der Waals surface area contributed by atoms with Crippen molar-refractivity contribution in [2.45, 2.75) is 76.8 Å². The third kappa shape index (κ3) is 7.16. The summed E-state index contributed by atoms with van der Waals surface area (Å²) in [6, 6.07) is 0.595. The number of nitrogens with zero attached hydrogens (tertiary/aromatic N) is 2. The van der Waals surface area contributed by atoms with E-state index in [1.807, 2.05) is 0 Å². The first-order valence-corrected chi connectivity index (χ1v) is 11.9. The number of carbonyl (C=O) groups is 1. The highest BCUT2D eigenvalue weighted by Gasteiger charge is 2.26. The highest BCUT2D eigenvalue weighted by atomic mass is 32.2. The minimum absolute atomic E-state index is 0.00765. The first kappa shape index (κ1) is 21.6. The third-order valence-corrected chi connectivity index (χ3v) is 7.41. The van der Waals surface area contributed by atoms with E-state index in [1.54, 1.807) is 11.9 Å². The summed E-state index contributed by atoms with van der Waals surface area (Å²) in [5.41, 5.74) is 0. The number of rotatable bonds is 8. The monoisotopic (exact) mass is 387 g/mol. The number of hydrogen-bond donors (Lipinski definition) is 1. The number of nitrogens with one attached hydrogen (secondary N) is 1. The van der Waals surface area contributed by atoms with Gasteiger partial charge in [0.05, 0.1) is 0 Å². The van der Waals surface area contributed by atoms with Gasteiger partial charge in [0.1, 0.15) is 5.75 Å². The van der Waals surface area contributed by atoms with Gasteiger partial charge in [-0.15, -0.1) is 0 Å². The normalized spacial score (nSPS) is 25.4. The maximum absolute atomic E-state index is 12.3. The topological polar surface area (TPSA) is 69.7 Å². The van der Waals surface area contributed by atoms with Crippen molar-refractivity contribution in [3.63, 3.8) is 0 Å². The van der Waals surface area contributed by atoms with Crippen LogP contribution in [0.1, 0.15) is 64.7 Å². The second-order valence-corrected chi connectivity index (χ2v) is 10.2. The first-order valence-electron chi connectivity index (χ1n) is 10.2. The van der Waals surface area contributed by atoms with Crippen LogP contribution in [0.5, 0.6) is 0 Å². The van der Waals surface area contributed by atoms with Crippen molar-refractivity contribution in [2.24, 2.45) is 5.92 Å². The standard InChI is InChI=1S/C19H37N3O3S/c1-16-9-11-17(12-10-16)20-26(24,25)15-19(23)22(3)14-13-21(2)18-7-5-4-6-8-18/h16-18,20H,4-15H2,1-3H3. The lowest BCUT2D eigenvalue weighted by Gasteiger charge is -2.32. The largest absolute Gasteiger partial charge is 0.344 e. The smallest absolute Gasteiger partial charge is 0.238 e. The Labute approximate surface area is 159 Å². The average Bonchev–Trinajstić information content (AvgIpc) is 2.61. The highest BCUT2D eigenvalue weighted by Crippen LogP contribution is 2.24. The molecule has 2 rings (SSSR count). The number of amides is 1. The van der Waals surface area contributed by atoms with E-state index in [-0.39, 0.29) is 11.9 Å². The molecule has 6 nitrogen and oxygen atoms in total. The molecule has 0 heterocycles. The molecule has 2 saturated carbocycles. The van der Waals surface area contributed by atoms with Crippen LogP contribution < -0.4 is 4.72 Å². The molecular formula is C19H37N3O3S. The summed E-state index contributed by atoms with van der Waals surface area (Å²) in [6.07, 6.45) is 10.2. The van der Waals surface area contributed by atoms with E-state index in [2.05, 4.69) is 23.6 Å². The minimum Gasteiger partial charge on any atom is -0.344 e. The Morgan fingerprint density at radius 2 is 1.58 bits per heavy atom. The summed E-state index contributed by atoms with van der Waals surface area (Å²) in [7, 11) is 0.254. The SMILES string of the molecule is CC1CCC(NS(=O)(=O)CC(=O)N(C)CCN(C)C2CCCCC2)CC1. The van der Waals surface area contributed by atoms with Gasteiger partial charge in [0.25, 0.3) is 0 Å². The summed E-state index contributed by atoms with van der Waals surface area (Å²) in [4.78, 5) is 16.2. The summed E-state index contributed by atoms with van der Waals surface area (Å²) in [5, 5.41) is 0. The predicted octanol–water partition coefficient (Wildman–Crippen LogP) is 2.21. The van der Waals surface area contributed by atoms with Crippen LogP contribution in [0.15, 0.2) is 0 Å². The highest BCUT2D eigenvalue weighted by molar-refractivity contribution is 7.90. The molecule has 2 aliphatic rings. The molecule has 0 radical (unpaired) electrons. The van der Waals surface area contributed by atoms with Gasteiger partial charge >= 0.3 is 0 Å². The van der Waals surface area contributed by atoms with Gasteiger partial charge < -0.3 is 9.80 Å².